The first-order valence-corrected chi connectivity index (χ1v) is 9.46. The quantitative estimate of drug-likeness (QED) is 0.598. The first-order valence-electron chi connectivity index (χ1n) is 9.46. The zero-order valence-corrected chi connectivity index (χ0v) is 15.4. The van der Waals surface area contributed by atoms with Crippen molar-refractivity contribution in [3.05, 3.63) is 35.9 Å². The molecule has 5 heteroatoms. The number of fused-ring (bicyclic) bond motifs is 1. The standard InChI is InChI=1S/C21H27NO4/c1-25-18-11-8-16(9-12-18)10-13-21(24)26-15-20(23)22-14-4-6-17-5-2-3-7-19(17)22/h8-13,17,19H,2-7,14-15H2,1H3/b13-10+/t17-,19+/m1/s1. The molecule has 1 aliphatic heterocycles. The second-order valence-electron chi connectivity index (χ2n) is 7.06. The Labute approximate surface area is 155 Å². The number of benzene rings is 1. The maximum absolute atomic E-state index is 12.5. The molecule has 0 unspecified atom stereocenters. The summed E-state index contributed by atoms with van der Waals surface area (Å²) >= 11 is 0. The molecule has 1 amide bonds. The molecule has 3 rings (SSSR count). The van der Waals surface area contributed by atoms with Gasteiger partial charge in [0.05, 0.1) is 7.11 Å². The molecule has 1 aromatic carbocycles. The van der Waals surface area contributed by atoms with E-state index in [4.69, 9.17) is 9.47 Å². The van der Waals surface area contributed by atoms with E-state index < -0.39 is 5.97 Å². The Kier molecular flexibility index (Phi) is 6.31. The van der Waals surface area contributed by atoms with Crippen LogP contribution in [0.2, 0.25) is 0 Å². The number of rotatable bonds is 5. The lowest BCUT2D eigenvalue weighted by Gasteiger charge is -2.44. The third-order valence-electron chi connectivity index (χ3n) is 5.43. The van der Waals surface area contributed by atoms with Crippen molar-refractivity contribution in [2.75, 3.05) is 20.3 Å². The molecule has 1 heterocycles. The zero-order valence-electron chi connectivity index (χ0n) is 15.4. The lowest BCUT2D eigenvalue weighted by Crippen LogP contribution is -2.50. The fourth-order valence-corrected chi connectivity index (χ4v) is 4.08. The van der Waals surface area contributed by atoms with E-state index in [0.717, 1.165) is 30.7 Å². The molecule has 0 N–H and O–H groups in total. The number of hydrogen-bond donors (Lipinski definition) is 0. The SMILES string of the molecule is COc1ccc(/C=C/C(=O)OCC(=O)N2CCC[C@H]3CCCC[C@@H]32)cc1. The third-order valence-corrected chi connectivity index (χ3v) is 5.43. The molecule has 2 atom stereocenters. The number of hydrogen-bond acceptors (Lipinski definition) is 4. The van der Waals surface area contributed by atoms with Crippen LogP contribution in [-0.2, 0) is 14.3 Å². The minimum atomic E-state index is -0.494. The van der Waals surface area contributed by atoms with Crippen LogP contribution in [0.3, 0.4) is 0 Å². The summed E-state index contributed by atoms with van der Waals surface area (Å²) < 4.78 is 10.3. The molecule has 0 spiro atoms. The van der Waals surface area contributed by atoms with E-state index in [-0.39, 0.29) is 12.5 Å². The molecule has 1 saturated carbocycles. The number of nitrogens with zero attached hydrogens (tertiary/aromatic N) is 1. The fourth-order valence-electron chi connectivity index (χ4n) is 4.08. The van der Waals surface area contributed by atoms with Crippen molar-refractivity contribution < 1.29 is 19.1 Å². The Balaban J connectivity index is 1.48. The van der Waals surface area contributed by atoms with Gasteiger partial charge in [-0.05, 0) is 55.4 Å². The van der Waals surface area contributed by atoms with Gasteiger partial charge in [0.15, 0.2) is 6.61 Å². The van der Waals surface area contributed by atoms with Crippen molar-refractivity contribution in [2.24, 2.45) is 5.92 Å². The highest BCUT2D eigenvalue weighted by Crippen LogP contribution is 2.35. The monoisotopic (exact) mass is 357 g/mol. The van der Waals surface area contributed by atoms with E-state index in [1.165, 1.54) is 31.8 Å². The number of methoxy groups -OCH3 is 1. The molecule has 1 aromatic rings. The van der Waals surface area contributed by atoms with Gasteiger partial charge in [-0.1, -0.05) is 25.0 Å². The van der Waals surface area contributed by atoms with Crippen LogP contribution in [0.4, 0.5) is 0 Å². The van der Waals surface area contributed by atoms with E-state index in [1.54, 1.807) is 13.2 Å². The molecule has 26 heavy (non-hydrogen) atoms. The number of ether oxygens (including phenoxy) is 2. The van der Waals surface area contributed by atoms with E-state index >= 15 is 0 Å². The molecule has 0 radical (unpaired) electrons. The number of esters is 1. The minimum Gasteiger partial charge on any atom is -0.497 e. The second-order valence-corrected chi connectivity index (χ2v) is 7.06. The summed E-state index contributed by atoms with van der Waals surface area (Å²) in [6.45, 7) is 0.619. The summed E-state index contributed by atoms with van der Waals surface area (Å²) in [6, 6.07) is 7.70. The number of likely N-dealkylation sites (tertiary alicyclic amines) is 1. The summed E-state index contributed by atoms with van der Waals surface area (Å²) in [5.74, 6) is 0.837. The molecular weight excluding hydrogens is 330 g/mol. The van der Waals surface area contributed by atoms with Crippen LogP contribution in [0.1, 0.15) is 44.1 Å². The van der Waals surface area contributed by atoms with Crippen molar-refractivity contribution in [1.82, 2.24) is 4.90 Å². The van der Waals surface area contributed by atoms with Gasteiger partial charge in [0.1, 0.15) is 5.75 Å². The summed E-state index contributed by atoms with van der Waals surface area (Å²) in [4.78, 5) is 26.4. The summed E-state index contributed by atoms with van der Waals surface area (Å²) in [7, 11) is 1.61. The number of carbonyl (C=O) groups excluding carboxylic acids is 2. The maximum Gasteiger partial charge on any atom is 0.331 e. The largest absolute Gasteiger partial charge is 0.497 e. The third kappa shape index (κ3) is 4.65. The molecule has 1 aliphatic carbocycles. The lowest BCUT2D eigenvalue weighted by molar-refractivity contribution is -0.151. The molecule has 0 aromatic heterocycles. The predicted octanol–water partition coefficient (Wildman–Crippen LogP) is 3.43. The van der Waals surface area contributed by atoms with Crippen LogP contribution in [0.15, 0.2) is 30.3 Å². The highest BCUT2D eigenvalue weighted by atomic mass is 16.5. The van der Waals surface area contributed by atoms with E-state index in [9.17, 15) is 9.59 Å². The normalized spacial score (nSPS) is 22.7. The van der Waals surface area contributed by atoms with Crippen molar-refractivity contribution >= 4 is 18.0 Å². The summed E-state index contributed by atoms with van der Waals surface area (Å²) in [5.41, 5.74) is 0.871. The van der Waals surface area contributed by atoms with Gasteiger partial charge in [-0.2, -0.15) is 0 Å². The molecule has 140 valence electrons. The van der Waals surface area contributed by atoms with Crippen LogP contribution in [0.25, 0.3) is 6.08 Å². The lowest BCUT2D eigenvalue weighted by atomic mass is 9.78. The van der Waals surface area contributed by atoms with Gasteiger partial charge in [-0.15, -0.1) is 0 Å². The maximum atomic E-state index is 12.5. The van der Waals surface area contributed by atoms with Gasteiger partial charge in [0.25, 0.3) is 5.91 Å². The number of piperidine rings is 1. The average molecular weight is 357 g/mol. The zero-order chi connectivity index (χ0) is 18.4. The number of amides is 1. The summed E-state index contributed by atoms with van der Waals surface area (Å²) in [6.07, 6.45) is 10.1. The molecule has 2 aliphatic rings. The Bertz CT molecular complexity index is 650. The van der Waals surface area contributed by atoms with Gasteiger partial charge in [-0.3, -0.25) is 4.79 Å². The second kappa shape index (κ2) is 8.88. The first-order chi connectivity index (χ1) is 12.7. The molecule has 0 bridgehead atoms. The fraction of sp³-hybridized carbons (Fsp3) is 0.524. The van der Waals surface area contributed by atoms with E-state index in [2.05, 4.69) is 0 Å². The van der Waals surface area contributed by atoms with Gasteiger partial charge in [0.2, 0.25) is 0 Å². The van der Waals surface area contributed by atoms with Crippen LogP contribution < -0.4 is 4.74 Å². The van der Waals surface area contributed by atoms with Crippen LogP contribution in [0.5, 0.6) is 5.75 Å². The van der Waals surface area contributed by atoms with Crippen LogP contribution in [0, 0.1) is 5.92 Å². The number of carbonyl (C=O) groups is 2. The summed E-state index contributed by atoms with van der Waals surface area (Å²) in [5, 5.41) is 0. The molecule has 5 nitrogen and oxygen atoms in total. The Hall–Kier alpha value is -2.30. The van der Waals surface area contributed by atoms with Crippen molar-refractivity contribution in [2.45, 2.75) is 44.6 Å². The average Bonchev–Trinajstić information content (AvgIpc) is 2.70. The van der Waals surface area contributed by atoms with Gasteiger partial charge in [-0.25, -0.2) is 4.79 Å². The van der Waals surface area contributed by atoms with Gasteiger partial charge in [0, 0.05) is 18.7 Å². The van der Waals surface area contributed by atoms with Gasteiger partial charge >= 0.3 is 5.97 Å². The van der Waals surface area contributed by atoms with Crippen molar-refractivity contribution in [1.29, 1.82) is 0 Å². The molecular formula is C21H27NO4. The Morgan fingerprint density at radius 2 is 1.85 bits per heavy atom. The Morgan fingerprint density at radius 3 is 2.62 bits per heavy atom. The topological polar surface area (TPSA) is 55.8 Å². The first kappa shape index (κ1) is 18.5. The van der Waals surface area contributed by atoms with Crippen LogP contribution in [-0.4, -0.2) is 43.1 Å². The Morgan fingerprint density at radius 1 is 1.12 bits per heavy atom. The van der Waals surface area contributed by atoms with E-state index in [0.29, 0.717) is 12.0 Å². The van der Waals surface area contributed by atoms with E-state index in [1.807, 2.05) is 29.2 Å². The molecule has 1 saturated heterocycles. The smallest absolute Gasteiger partial charge is 0.331 e. The van der Waals surface area contributed by atoms with Gasteiger partial charge < -0.3 is 14.4 Å². The minimum absolute atomic E-state index is 0.0622. The highest BCUT2D eigenvalue weighted by Gasteiger charge is 2.35. The van der Waals surface area contributed by atoms with Crippen LogP contribution >= 0.6 is 0 Å². The predicted molar refractivity (Wildman–Crippen MR) is 99.7 cm³/mol. The molecule has 2 fully saturated rings. The van der Waals surface area contributed by atoms with Crippen molar-refractivity contribution in [3.63, 3.8) is 0 Å². The highest BCUT2D eigenvalue weighted by molar-refractivity contribution is 5.89. The van der Waals surface area contributed by atoms with Crippen molar-refractivity contribution in [3.8, 4) is 5.75 Å².